The number of rotatable bonds is 9. The summed E-state index contributed by atoms with van der Waals surface area (Å²) in [6.07, 6.45) is 1.76. The average Bonchev–Trinajstić information content (AvgIpc) is 2.30. The van der Waals surface area contributed by atoms with Crippen LogP contribution < -0.4 is 10.0 Å². The van der Waals surface area contributed by atoms with Crippen LogP contribution in [0.1, 0.15) is 26.7 Å². The molecule has 0 aromatic carbocycles. The molecule has 0 amide bonds. The summed E-state index contributed by atoms with van der Waals surface area (Å²) in [6, 6.07) is 0. The second kappa shape index (κ2) is 7.21. The van der Waals surface area contributed by atoms with Gasteiger partial charge in [0.25, 0.3) is 0 Å². The lowest BCUT2D eigenvalue weighted by Gasteiger charge is -2.29. The number of aliphatic hydroxyl groups excluding tert-OH is 1. The van der Waals surface area contributed by atoms with Crippen LogP contribution in [0.25, 0.3) is 0 Å². The molecule has 0 radical (unpaired) electrons. The highest BCUT2D eigenvalue weighted by molar-refractivity contribution is 7.89. The zero-order chi connectivity index (χ0) is 12.7. The molecule has 0 unspecified atom stereocenters. The van der Waals surface area contributed by atoms with Gasteiger partial charge in [-0.05, 0) is 19.9 Å². The van der Waals surface area contributed by atoms with Gasteiger partial charge < -0.3 is 10.4 Å². The second-order valence-electron chi connectivity index (χ2n) is 4.06. The molecule has 5 nitrogen and oxygen atoms in total. The van der Waals surface area contributed by atoms with E-state index in [0.717, 1.165) is 12.8 Å². The fraction of sp³-hybridized carbons (Fsp3) is 1.00. The summed E-state index contributed by atoms with van der Waals surface area (Å²) in [5.41, 5.74) is -0.122. The Hall–Kier alpha value is -0.170. The van der Waals surface area contributed by atoms with Crippen LogP contribution in [0.3, 0.4) is 0 Å². The number of sulfonamides is 1. The van der Waals surface area contributed by atoms with Crippen molar-refractivity contribution in [1.82, 2.24) is 10.0 Å². The highest BCUT2D eigenvalue weighted by atomic mass is 32.2. The Labute approximate surface area is 98.7 Å². The maximum Gasteiger partial charge on any atom is 0.212 e. The lowest BCUT2D eigenvalue weighted by atomic mass is 9.83. The van der Waals surface area contributed by atoms with Crippen LogP contribution in [0.4, 0.5) is 0 Å². The molecule has 0 aliphatic carbocycles. The lowest BCUT2D eigenvalue weighted by Crippen LogP contribution is -2.39. The molecule has 0 heterocycles. The Morgan fingerprint density at radius 3 is 2.19 bits per heavy atom. The molecule has 0 bridgehead atoms. The largest absolute Gasteiger partial charge is 0.396 e. The maximum atomic E-state index is 11.1. The molecule has 0 aromatic heterocycles. The van der Waals surface area contributed by atoms with Crippen molar-refractivity contribution < 1.29 is 13.5 Å². The highest BCUT2D eigenvalue weighted by Gasteiger charge is 2.24. The zero-order valence-corrected chi connectivity index (χ0v) is 11.2. The first-order valence-electron chi connectivity index (χ1n) is 5.68. The van der Waals surface area contributed by atoms with Crippen molar-refractivity contribution in [2.45, 2.75) is 26.7 Å². The van der Waals surface area contributed by atoms with Crippen molar-refractivity contribution in [3.8, 4) is 0 Å². The van der Waals surface area contributed by atoms with Crippen LogP contribution >= 0.6 is 0 Å². The van der Waals surface area contributed by atoms with Gasteiger partial charge in [-0.25, -0.2) is 13.1 Å². The predicted octanol–water partition coefficient (Wildman–Crippen LogP) is -0.0761. The first-order chi connectivity index (χ1) is 7.45. The van der Waals surface area contributed by atoms with Crippen LogP contribution in [-0.4, -0.2) is 46.0 Å². The molecule has 0 aromatic rings. The van der Waals surface area contributed by atoms with Gasteiger partial charge >= 0.3 is 0 Å². The van der Waals surface area contributed by atoms with Gasteiger partial charge in [-0.2, -0.15) is 0 Å². The summed E-state index contributed by atoms with van der Waals surface area (Å²) in [6.45, 7) is 5.25. The Morgan fingerprint density at radius 2 is 1.81 bits per heavy atom. The predicted molar refractivity (Wildman–Crippen MR) is 65.8 cm³/mol. The first-order valence-corrected chi connectivity index (χ1v) is 7.33. The van der Waals surface area contributed by atoms with Gasteiger partial charge in [0.15, 0.2) is 0 Å². The van der Waals surface area contributed by atoms with Crippen molar-refractivity contribution in [2.24, 2.45) is 5.41 Å². The van der Waals surface area contributed by atoms with Crippen molar-refractivity contribution in [1.29, 1.82) is 0 Å². The topological polar surface area (TPSA) is 78.4 Å². The second-order valence-corrected chi connectivity index (χ2v) is 6.11. The fourth-order valence-corrected chi connectivity index (χ4v) is 2.06. The van der Waals surface area contributed by atoms with Crippen LogP contribution in [0, 0.1) is 5.41 Å². The molecule has 98 valence electrons. The van der Waals surface area contributed by atoms with E-state index in [1.165, 1.54) is 7.05 Å². The Bertz CT molecular complexity index is 266. The van der Waals surface area contributed by atoms with E-state index in [9.17, 15) is 13.5 Å². The maximum absolute atomic E-state index is 11.1. The molecule has 0 fully saturated rings. The van der Waals surface area contributed by atoms with E-state index in [0.29, 0.717) is 13.1 Å². The Morgan fingerprint density at radius 1 is 1.25 bits per heavy atom. The molecule has 0 aliphatic heterocycles. The van der Waals surface area contributed by atoms with Crippen molar-refractivity contribution in [3.63, 3.8) is 0 Å². The summed E-state index contributed by atoms with van der Waals surface area (Å²) in [4.78, 5) is 0. The molecule has 0 aliphatic rings. The summed E-state index contributed by atoms with van der Waals surface area (Å²) in [5, 5.41) is 12.4. The molecule has 6 heteroatoms. The van der Waals surface area contributed by atoms with Gasteiger partial charge in [0.1, 0.15) is 0 Å². The van der Waals surface area contributed by atoms with E-state index in [-0.39, 0.29) is 17.8 Å². The smallest absolute Gasteiger partial charge is 0.212 e. The standard InChI is InChI=1S/C10H24N2O3S/c1-4-10(5-2,9-13)8-12-6-7-16(14,15)11-3/h11-13H,4-9H2,1-3H3. The van der Waals surface area contributed by atoms with Crippen LogP contribution in [0.5, 0.6) is 0 Å². The monoisotopic (exact) mass is 252 g/mol. The van der Waals surface area contributed by atoms with Gasteiger partial charge in [0, 0.05) is 25.1 Å². The summed E-state index contributed by atoms with van der Waals surface area (Å²) in [7, 11) is -1.72. The third kappa shape index (κ3) is 5.25. The van der Waals surface area contributed by atoms with Gasteiger partial charge in [-0.1, -0.05) is 13.8 Å². The third-order valence-electron chi connectivity index (χ3n) is 3.19. The number of hydrogen-bond acceptors (Lipinski definition) is 4. The summed E-state index contributed by atoms with van der Waals surface area (Å²) in [5.74, 6) is 0.0679. The Kier molecular flexibility index (Phi) is 7.14. The van der Waals surface area contributed by atoms with E-state index in [2.05, 4.69) is 10.0 Å². The molecule has 0 saturated carbocycles. The summed E-state index contributed by atoms with van der Waals surface area (Å²) >= 11 is 0. The van der Waals surface area contributed by atoms with Crippen LogP contribution in [0.15, 0.2) is 0 Å². The molecule has 16 heavy (non-hydrogen) atoms. The highest BCUT2D eigenvalue weighted by Crippen LogP contribution is 2.24. The van der Waals surface area contributed by atoms with Gasteiger partial charge in [0.05, 0.1) is 5.75 Å². The van der Waals surface area contributed by atoms with E-state index < -0.39 is 10.0 Å². The van der Waals surface area contributed by atoms with Gasteiger partial charge in [-0.15, -0.1) is 0 Å². The van der Waals surface area contributed by atoms with Gasteiger partial charge in [-0.3, -0.25) is 0 Å². The first kappa shape index (κ1) is 15.8. The average molecular weight is 252 g/mol. The minimum atomic E-state index is -3.13. The lowest BCUT2D eigenvalue weighted by molar-refractivity contribution is 0.114. The molecule has 0 atom stereocenters. The minimum absolute atomic E-state index is 0.0679. The quantitative estimate of drug-likeness (QED) is 0.502. The summed E-state index contributed by atoms with van der Waals surface area (Å²) < 4.78 is 24.5. The van der Waals surface area contributed by atoms with Gasteiger partial charge in [0.2, 0.25) is 10.0 Å². The Balaban J connectivity index is 3.97. The minimum Gasteiger partial charge on any atom is -0.396 e. The van der Waals surface area contributed by atoms with E-state index >= 15 is 0 Å². The fourth-order valence-electron chi connectivity index (χ4n) is 1.44. The molecule has 0 rings (SSSR count). The van der Waals surface area contributed by atoms with Crippen molar-refractivity contribution >= 4 is 10.0 Å². The third-order valence-corrected chi connectivity index (χ3v) is 4.56. The van der Waals surface area contributed by atoms with Crippen LogP contribution in [-0.2, 0) is 10.0 Å². The van der Waals surface area contributed by atoms with E-state index in [1.807, 2.05) is 13.8 Å². The van der Waals surface area contributed by atoms with E-state index in [1.54, 1.807) is 0 Å². The van der Waals surface area contributed by atoms with Crippen LogP contribution in [0.2, 0.25) is 0 Å². The SMILES string of the molecule is CCC(CC)(CO)CNCCS(=O)(=O)NC. The molecule has 0 saturated heterocycles. The molecular formula is C10H24N2O3S. The number of nitrogens with one attached hydrogen (secondary N) is 2. The van der Waals surface area contributed by atoms with Crippen molar-refractivity contribution in [3.05, 3.63) is 0 Å². The zero-order valence-electron chi connectivity index (χ0n) is 10.4. The number of hydrogen-bond donors (Lipinski definition) is 3. The molecule has 3 N–H and O–H groups in total. The molecular weight excluding hydrogens is 228 g/mol. The van der Waals surface area contributed by atoms with Crippen molar-refractivity contribution in [2.75, 3.05) is 32.5 Å². The van der Waals surface area contributed by atoms with E-state index in [4.69, 9.17) is 0 Å². The molecule has 0 spiro atoms. The normalized spacial score (nSPS) is 13.0. The number of aliphatic hydroxyl groups is 1.